The number of aromatic nitrogens is 3. The van der Waals surface area contributed by atoms with Crippen LogP contribution in [0.15, 0.2) is 16.9 Å². The van der Waals surface area contributed by atoms with Crippen LogP contribution in [0.4, 0.5) is 0 Å². The Hall–Kier alpha value is -1.40. The monoisotopic (exact) mass is 297 g/mol. The molecule has 0 amide bonds. The van der Waals surface area contributed by atoms with Crippen molar-refractivity contribution in [1.29, 1.82) is 0 Å². The van der Waals surface area contributed by atoms with Crippen molar-refractivity contribution in [2.75, 3.05) is 0 Å². The van der Waals surface area contributed by atoms with Crippen LogP contribution in [0.1, 0.15) is 29.6 Å². The molecule has 1 aliphatic rings. The molecule has 0 fully saturated rings. The number of aldehydes is 1. The fourth-order valence-corrected chi connectivity index (χ4v) is 3.45. The van der Waals surface area contributed by atoms with Gasteiger partial charge in [-0.3, -0.25) is 4.57 Å². The maximum atomic E-state index is 12.3. The molecule has 0 N–H and O–H groups in total. The van der Waals surface area contributed by atoms with Crippen molar-refractivity contribution in [2.45, 2.75) is 31.8 Å². The van der Waals surface area contributed by atoms with E-state index in [1.54, 1.807) is 6.07 Å². The van der Waals surface area contributed by atoms with Crippen molar-refractivity contribution in [3.63, 3.8) is 0 Å². The summed E-state index contributed by atoms with van der Waals surface area (Å²) in [7, 11) is 0. The number of nitrogens with zero attached hydrogens (tertiary/aromatic N) is 3. The van der Waals surface area contributed by atoms with Crippen LogP contribution in [0.25, 0.3) is 0 Å². The number of aryl methyl sites for hydroxylation is 1. The van der Waals surface area contributed by atoms with E-state index in [0.717, 1.165) is 24.0 Å². The summed E-state index contributed by atoms with van der Waals surface area (Å²) < 4.78 is 3.63. The minimum absolute atomic E-state index is 0.212. The first kappa shape index (κ1) is 12.6. The topological polar surface area (TPSA) is 56.9 Å². The molecule has 7 heteroatoms. The molecule has 0 saturated carbocycles. The molecule has 2 aromatic rings. The largest absolute Gasteiger partial charge is 0.346 e. The van der Waals surface area contributed by atoms with Gasteiger partial charge in [0.25, 0.3) is 0 Å². The van der Waals surface area contributed by atoms with Gasteiger partial charge < -0.3 is 4.79 Å². The fourth-order valence-electron chi connectivity index (χ4n) is 2.38. The minimum Gasteiger partial charge on any atom is -0.301 e. The van der Waals surface area contributed by atoms with E-state index in [1.165, 1.54) is 20.6 Å². The predicted molar refractivity (Wildman–Crippen MR) is 73.0 cm³/mol. The zero-order valence-electron chi connectivity index (χ0n) is 10.1. The molecule has 1 atom stereocenters. The lowest BCUT2D eigenvalue weighted by atomic mass is 10.1. The van der Waals surface area contributed by atoms with Crippen LogP contribution < -0.4 is 5.69 Å². The van der Waals surface area contributed by atoms with E-state index in [0.29, 0.717) is 23.1 Å². The summed E-state index contributed by atoms with van der Waals surface area (Å²) in [6, 6.07) is 3.32. The molecule has 100 valence electrons. The number of halogens is 1. The highest BCUT2D eigenvalue weighted by atomic mass is 35.5. The van der Waals surface area contributed by atoms with E-state index < -0.39 is 0 Å². The summed E-state index contributed by atoms with van der Waals surface area (Å²) in [5, 5.41) is 4.32. The molecule has 0 aliphatic carbocycles. The van der Waals surface area contributed by atoms with E-state index in [9.17, 15) is 9.59 Å². The van der Waals surface area contributed by atoms with Crippen LogP contribution in [0.3, 0.4) is 0 Å². The maximum Gasteiger partial charge on any atom is 0.346 e. The molecule has 1 unspecified atom stereocenters. The first-order chi connectivity index (χ1) is 9.19. The van der Waals surface area contributed by atoms with Crippen LogP contribution in [0.2, 0.25) is 4.34 Å². The molecule has 3 rings (SSSR count). The highest BCUT2D eigenvalue weighted by molar-refractivity contribution is 7.16. The van der Waals surface area contributed by atoms with Gasteiger partial charge in [-0.05, 0) is 25.0 Å². The van der Waals surface area contributed by atoms with Crippen LogP contribution in [0, 0.1) is 0 Å². The van der Waals surface area contributed by atoms with Crippen LogP contribution in [0.5, 0.6) is 0 Å². The molecule has 1 aliphatic heterocycles. The lowest BCUT2D eigenvalue weighted by Crippen LogP contribution is -2.31. The second kappa shape index (κ2) is 4.94. The molecule has 0 spiro atoms. The third kappa shape index (κ3) is 2.26. The van der Waals surface area contributed by atoms with Gasteiger partial charge in [-0.2, -0.15) is 5.10 Å². The number of hydrogen-bond donors (Lipinski definition) is 0. The third-order valence-corrected chi connectivity index (χ3v) is 4.48. The standard InChI is InChI=1S/C12H12ClN3O2S/c13-10-5-4-9(19-10)6-15-12(18)16-8(7-17)2-1-3-11(16)14-15/h4-5,7-8H,1-3,6H2. The lowest BCUT2D eigenvalue weighted by Gasteiger charge is -2.17. The molecular weight excluding hydrogens is 286 g/mol. The third-order valence-electron chi connectivity index (χ3n) is 3.26. The summed E-state index contributed by atoms with van der Waals surface area (Å²) in [6.07, 6.45) is 3.19. The maximum absolute atomic E-state index is 12.3. The number of hydrogen-bond acceptors (Lipinski definition) is 4. The number of thiophene rings is 1. The van der Waals surface area contributed by atoms with Crippen molar-refractivity contribution >= 4 is 29.2 Å². The highest BCUT2D eigenvalue weighted by Crippen LogP contribution is 2.23. The quantitative estimate of drug-likeness (QED) is 0.813. The van der Waals surface area contributed by atoms with E-state index in [1.807, 2.05) is 6.07 Å². The molecule has 0 saturated heterocycles. The van der Waals surface area contributed by atoms with E-state index in [2.05, 4.69) is 5.10 Å². The Balaban J connectivity index is 1.98. The predicted octanol–water partition coefficient (Wildman–Crippen LogP) is 1.88. The summed E-state index contributed by atoms with van der Waals surface area (Å²) in [5.41, 5.74) is -0.212. The molecule has 0 bridgehead atoms. The number of rotatable bonds is 3. The minimum atomic E-state index is -0.364. The smallest absolute Gasteiger partial charge is 0.301 e. The molecule has 3 heterocycles. The number of carbonyl (C=O) groups excluding carboxylic acids is 1. The van der Waals surface area contributed by atoms with Gasteiger partial charge in [0.1, 0.15) is 12.1 Å². The highest BCUT2D eigenvalue weighted by Gasteiger charge is 2.24. The second-order valence-electron chi connectivity index (χ2n) is 4.53. The zero-order valence-corrected chi connectivity index (χ0v) is 11.7. The first-order valence-electron chi connectivity index (χ1n) is 6.07. The van der Waals surface area contributed by atoms with Gasteiger partial charge in [0.15, 0.2) is 0 Å². The van der Waals surface area contributed by atoms with Crippen molar-refractivity contribution in [1.82, 2.24) is 14.3 Å². The summed E-state index contributed by atoms with van der Waals surface area (Å²) in [4.78, 5) is 24.3. The number of carbonyl (C=O) groups is 1. The van der Waals surface area contributed by atoms with E-state index in [4.69, 9.17) is 11.6 Å². The van der Waals surface area contributed by atoms with Gasteiger partial charge in [-0.25, -0.2) is 9.48 Å². The van der Waals surface area contributed by atoms with Crippen molar-refractivity contribution in [3.8, 4) is 0 Å². The fraction of sp³-hybridized carbons (Fsp3) is 0.417. The average molecular weight is 298 g/mol. The SMILES string of the molecule is O=CC1CCCc2nn(Cc3ccc(Cl)s3)c(=O)n21. The Labute approximate surface area is 118 Å². The van der Waals surface area contributed by atoms with Gasteiger partial charge in [0.05, 0.1) is 16.9 Å². The van der Waals surface area contributed by atoms with Gasteiger partial charge >= 0.3 is 5.69 Å². The van der Waals surface area contributed by atoms with Gasteiger partial charge in [0, 0.05) is 11.3 Å². The molecule has 0 radical (unpaired) electrons. The Morgan fingerprint density at radius 1 is 1.53 bits per heavy atom. The Kier molecular flexibility index (Phi) is 3.28. The Morgan fingerprint density at radius 2 is 2.37 bits per heavy atom. The van der Waals surface area contributed by atoms with Crippen LogP contribution in [-0.2, 0) is 17.8 Å². The molecule has 19 heavy (non-hydrogen) atoms. The van der Waals surface area contributed by atoms with Gasteiger partial charge in [0.2, 0.25) is 0 Å². The molecule has 5 nitrogen and oxygen atoms in total. The van der Waals surface area contributed by atoms with Crippen LogP contribution in [-0.4, -0.2) is 20.6 Å². The van der Waals surface area contributed by atoms with Crippen molar-refractivity contribution in [3.05, 3.63) is 37.7 Å². The van der Waals surface area contributed by atoms with Gasteiger partial charge in [-0.1, -0.05) is 11.6 Å². The summed E-state index contributed by atoms with van der Waals surface area (Å²) >= 11 is 7.30. The van der Waals surface area contributed by atoms with E-state index >= 15 is 0 Å². The molecule has 0 aromatic carbocycles. The van der Waals surface area contributed by atoms with Crippen molar-refractivity contribution < 1.29 is 4.79 Å². The van der Waals surface area contributed by atoms with Gasteiger partial charge in [-0.15, -0.1) is 11.3 Å². The lowest BCUT2D eigenvalue weighted by molar-refractivity contribution is -0.111. The second-order valence-corrected chi connectivity index (χ2v) is 6.33. The number of fused-ring (bicyclic) bond motifs is 1. The molecule has 2 aromatic heterocycles. The first-order valence-corrected chi connectivity index (χ1v) is 7.26. The Bertz CT molecular complexity index is 673. The zero-order chi connectivity index (χ0) is 13.4. The van der Waals surface area contributed by atoms with E-state index in [-0.39, 0.29) is 11.7 Å². The summed E-state index contributed by atoms with van der Waals surface area (Å²) in [6.45, 7) is 0.405. The van der Waals surface area contributed by atoms with Crippen molar-refractivity contribution in [2.24, 2.45) is 0 Å². The summed E-state index contributed by atoms with van der Waals surface area (Å²) in [5.74, 6) is 0.705. The normalized spacial score (nSPS) is 18.3. The molecular formula is C12H12ClN3O2S. The average Bonchev–Trinajstić information content (AvgIpc) is 2.95. The van der Waals surface area contributed by atoms with Crippen LogP contribution >= 0.6 is 22.9 Å². The Morgan fingerprint density at radius 3 is 3.05 bits per heavy atom.